The summed E-state index contributed by atoms with van der Waals surface area (Å²) in [7, 11) is 1.70. The van der Waals surface area contributed by atoms with Crippen molar-refractivity contribution in [1.29, 1.82) is 0 Å². The van der Waals surface area contributed by atoms with Crippen molar-refractivity contribution in [3.63, 3.8) is 0 Å². The van der Waals surface area contributed by atoms with Crippen LogP contribution in [0.15, 0.2) is 51.0 Å². The molecule has 0 N–H and O–H groups in total. The number of nitrogens with zero attached hydrogens (tertiary/aromatic N) is 8. The van der Waals surface area contributed by atoms with Gasteiger partial charge in [-0.3, -0.25) is 13.8 Å². The van der Waals surface area contributed by atoms with Crippen molar-refractivity contribution in [2.24, 2.45) is 7.05 Å². The molecule has 4 aromatic heterocycles. The summed E-state index contributed by atoms with van der Waals surface area (Å²) in [5, 5.41) is 21.7. The molecule has 0 unspecified atom stereocenters. The fraction of sp³-hybridized carbons (Fsp3) is 0.222. The van der Waals surface area contributed by atoms with E-state index in [9.17, 15) is 4.79 Å². The first-order chi connectivity index (χ1) is 14.1. The van der Waals surface area contributed by atoms with E-state index in [2.05, 4.69) is 25.7 Å². The zero-order valence-corrected chi connectivity index (χ0v) is 16.5. The van der Waals surface area contributed by atoms with Crippen LogP contribution in [-0.4, -0.2) is 39.4 Å². The van der Waals surface area contributed by atoms with Gasteiger partial charge in [0.25, 0.3) is 5.56 Å². The third-order valence-electron chi connectivity index (χ3n) is 4.66. The first-order valence-electron chi connectivity index (χ1n) is 8.86. The van der Waals surface area contributed by atoms with Gasteiger partial charge in [-0.25, -0.2) is 4.68 Å². The molecule has 5 rings (SSSR count). The van der Waals surface area contributed by atoms with Gasteiger partial charge in [-0.1, -0.05) is 23.4 Å². The van der Waals surface area contributed by atoms with Gasteiger partial charge in [-0.05, 0) is 41.6 Å². The minimum atomic E-state index is -0.0924. The van der Waals surface area contributed by atoms with E-state index >= 15 is 0 Å². The molecule has 5 aromatic rings. The van der Waals surface area contributed by atoms with Crippen molar-refractivity contribution >= 4 is 28.4 Å². The maximum absolute atomic E-state index is 12.7. The molecular weight excluding hydrogens is 392 g/mol. The maximum atomic E-state index is 12.7. The van der Waals surface area contributed by atoms with Crippen molar-refractivity contribution in [1.82, 2.24) is 39.4 Å². The largest absolute Gasteiger partial charge is 0.467 e. The molecule has 29 heavy (non-hydrogen) atoms. The van der Waals surface area contributed by atoms with Crippen LogP contribution in [0.3, 0.4) is 0 Å². The van der Waals surface area contributed by atoms with Crippen LogP contribution in [-0.2, 0) is 19.3 Å². The van der Waals surface area contributed by atoms with E-state index < -0.39 is 0 Å². The summed E-state index contributed by atoms with van der Waals surface area (Å²) in [6.45, 7) is 2.41. The lowest BCUT2D eigenvalue weighted by Crippen LogP contribution is -2.20. The van der Waals surface area contributed by atoms with E-state index in [1.807, 2.05) is 41.7 Å². The highest BCUT2D eigenvalue weighted by atomic mass is 32.2. The second-order valence-electron chi connectivity index (χ2n) is 6.62. The maximum Gasteiger partial charge on any atom is 0.262 e. The molecule has 0 aliphatic heterocycles. The van der Waals surface area contributed by atoms with E-state index in [-0.39, 0.29) is 5.56 Å². The number of benzene rings is 1. The standard InChI is InChI=1S/C18H16N8O2S/c1-11-5-6-14-13(8-11)16(27)24(2)17-20-19-15(26(14)17)10-29-18-21-22-23-25(18)9-12-4-3-7-28-12/h3-8H,9-10H2,1-2H3. The summed E-state index contributed by atoms with van der Waals surface area (Å²) < 4.78 is 10.5. The number of furan rings is 1. The Morgan fingerprint density at radius 3 is 2.90 bits per heavy atom. The normalized spacial score (nSPS) is 11.7. The highest BCUT2D eigenvalue weighted by Crippen LogP contribution is 2.22. The highest BCUT2D eigenvalue weighted by molar-refractivity contribution is 7.98. The van der Waals surface area contributed by atoms with Crippen LogP contribution < -0.4 is 5.56 Å². The van der Waals surface area contributed by atoms with Gasteiger partial charge < -0.3 is 4.42 Å². The molecule has 0 amide bonds. The minimum Gasteiger partial charge on any atom is -0.467 e. The molecule has 0 aliphatic rings. The van der Waals surface area contributed by atoms with E-state index in [1.54, 1.807) is 18.0 Å². The number of rotatable bonds is 5. The molecule has 0 fully saturated rings. The van der Waals surface area contributed by atoms with Gasteiger partial charge in [-0.2, -0.15) is 0 Å². The summed E-state index contributed by atoms with van der Waals surface area (Å²) in [5.74, 6) is 2.46. The Balaban J connectivity index is 1.52. The topological polar surface area (TPSA) is 109 Å². The summed E-state index contributed by atoms with van der Waals surface area (Å²) in [6.07, 6.45) is 1.62. The molecule has 0 bridgehead atoms. The summed E-state index contributed by atoms with van der Waals surface area (Å²) in [4.78, 5) is 12.7. The van der Waals surface area contributed by atoms with Gasteiger partial charge in [0.2, 0.25) is 10.9 Å². The third kappa shape index (κ3) is 2.99. The van der Waals surface area contributed by atoms with Gasteiger partial charge in [0.1, 0.15) is 18.1 Å². The molecule has 0 radical (unpaired) electrons. The number of hydrogen-bond donors (Lipinski definition) is 0. The zero-order chi connectivity index (χ0) is 20.0. The lowest BCUT2D eigenvalue weighted by molar-refractivity contribution is 0.462. The molecule has 0 atom stereocenters. The van der Waals surface area contributed by atoms with Gasteiger partial charge in [-0.15, -0.1) is 15.3 Å². The van der Waals surface area contributed by atoms with Gasteiger partial charge >= 0.3 is 0 Å². The highest BCUT2D eigenvalue weighted by Gasteiger charge is 2.17. The van der Waals surface area contributed by atoms with Crippen molar-refractivity contribution in [3.05, 3.63) is 64.1 Å². The van der Waals surface area contributed by atoms with Crippen LogP contribution in [0.1, 0.15) is 17.1 Å². The molecule has 0 aliphatic carbocycles. The van der Waals surface area contributed by atoms with Gasteiger partial charge in [0.05, 0.1) is 22.9 Å². The molecule has 10 nitrogen and oxygen atoms in total. The SMILES string of the molecule is Cc1ccc2c(c1)c(=O)n(C)c1nnc(CSc3nnnn3Cc3ccco3)n21. The van der Waals surface area contributed by atoms with E-state index in [0.29, 0.717) is 34.4 Å². The van der Waals surface area contributed by atoms with Crippen LogP contribution in [0.4, 0.5) is 0 Å². The fourth-order valence-electron chi connectivity index (χ4n) is 3.23. The Bertz CT molecular complexity index is 1380. The smallest absolute Gasteiger partial charge is 0.262 e. The van der Waals surface area contributed by atoms with E-state index in [4.69, 9.17) is 4.42 Å². The van der Waals surface area contributed by atoms with E-state index in [0.717, 1.165) is 16.8 Å². The summed E-state index contributed by atoms with van der Waals surface area (Å²) in [6, 6.07) is 9.49. The Morgan fingerprint density at radius 1 is 1.17 bits per heavy atom. The fourth-order valence-corrected chi connectivity index (χ4v) is 4.02. The number of fused-ring (bicyclic) bond motifs is 3. The first kappa shape index (κ1) is 17.6. The number of aryl methyl sites for hydroxylation is 2. The number of tetrazole rings is 1. The van der Waals surface area contributed by atoms with Gasteiger partial charge in [0.15, 0.2) is 0 Å². The average Bonchev–Trinajstić information content (AvgIpc) is 3.46. The average molecular weight is 408 g/mol. The van der Waals surface area contributed by atoms with Crippen molar-refractivity contribution in [3.8, 4) is 0 Å². The molecule has 0 spiro atoms. The predicted molar refractivity (Wildman–Crippen MR) is 106 cm³/mol. The quantitative estimate of drug-likeness (QED) is 0.405. The van der Waals surface area contributed by atoms with Crippen molar-refractivity contribution in [2.75, 3.05) is 0 Å². The molecule has 0 saturated carbocycles. The number of thioether (sulfide) groups is 1. The van der Waals surface area contributed by atoms with Crippen molar-refractivity contribution < 1.29 is 4.42 Å². The first-order valence-corrected chi connectivity index (χ1v) is 9.85. The molecule has 4 heterocycles. The van der Waals surface area contributed by atoms with E-state index in [1.165, 1.54) is 16.3 Å². The lowest BCUT2D eigenvalue weighted by atomic mass is 10.1. The Morgan fingerprint density at radius 2 is 2.07 bits per heavy atom. The Hall–Kier alpha value is -3.47. The molecule has 11 heteroatoms. The molecular formula is C18H16N8O2S. The van der Waals surface area contributed by atoms with Gasteiger partial charge in [0, 0.05) is 7.05 Å². The molecule has 1 aromatic carbocycles. The van der Waals surface area contributed by atoms with Crippen LogP contribution in [0.25, 0.3) is 16.7 Å². The summed E-state index contributed by atoms with van der Waals surface area (Å²) >= 11 is 1.44. The summed E-state index contributed by atoms with van der Waals surface area (Å²) in [5.41, 5.74) is 1.71. The second-order valence-corrected chi connectivity index (χ2v) is 7.57. The minimum absolute atomic E-state index is 0.0924. The van der Waals surface area contributed by atoms with Crippen LogP contribution >= 0.6 is 11.8 Å². The third-order valence-corrected chi connectivity index (χ3v) is 5.61. The number of aromatic nitrogens is 8. The van der Waals surface area contributed by atoms with Crippen LogP contribution in [0.5, 0.6) is 0 Å². The monoisotopic (exact) mass is 408 g/mol. The van der Waals surface area contributed by atoms with Crippen molar-refractivity contribution in [2.45, 2.75) is 24.4 Å². The zero-order valence-electron chi connectivity index (χ0n) is 15.7. The number of hydrogen-bond acceptors (Lipinski definition) is 8. The molecule has 0 saturated heterocycles. The molecule has 146 valence electrons. The van der Waals surface area contributed by atoms with Crippen LogP contribution in [0, 0.1) is 6.92 Å². The predicted octanol–water partition coefficient (Wildman–Crippen LogP) is 1.81. The second kappa shape index (κ2) is 6.85. The Labute approximate surface area is 168 Å². The Kier molecular flexibility index (Phi) is 4.16. The van der Waals surface area contributed by atoms with Crippen LogP contribution in [0.2, 0.25) is 0 Å². The lowest BCUT2D eigenvalue weighted by Gasteiger charge is -2.08.